The van der Waals surface area contributed by atoms with Crippen molar-refractivity contribution >= 4 is 23.0 Å². The van der Waals surface area contributed by atoms with E-state index in [1.54, 1.807) is 12.1 Å². The molecule has 2 aromatic rings. The third kappa shape index (κ3) is 7.89. The molecule has 0 radical (unpaired) electrons. The summed E-state index contributed by atoms with van der Waals surface area (Å²) in [5.41, 5.74) is 0.428. The quantitative estimate of drug-likeness (QED) is 0.274. The molecule has 7 nitrogen and oxygen atoms in total. The summed E-state index contributed by atoms with van der Waals surface area (Å²) in [5.74, 6) is 0.0115. The van der Waals surface area contributed by atoms with Crippen LogP contribution in [-0.2, 0) is 16.0 Å². The second-order valence-corrected chi connectivity index (χ2v) is 8.21. The van der Waals surface area contributed by atoms with Crippen molar-refractivity contribution < 1.29 is 23.5 Å². The van der Waals surface area contributed by atoms with Crippen molar-refractivity contribution in [1.82, 2.24) is 5.32 Å². The Morgan fingerprint density at radius 1 is 1.10 bits per heavy atom. The van der Waals surface area contributed by atoms with E-state index in [-0.39, 0.29) is 12.4 Å². The molecule has 1 N–H and O–H groups in total. The predicted molar refractivity (Wildman–Crippen MR) is 115 cm³/mol. The summed E-state index contributed by atoms with van der Waals surface area (Å²) in [5, 5.41) is 3.54. The number of ether oxygens (including phenoxy) is 2. The maximum absolute atomic E-state index is 12.1. The molecule has 1 amide bonds. The molecule has 1 heterocycles. The number of aryl methyl sites for hydroxylation is 1. The molecular formula is C23H31NO6. The van der Waals surface area contributed by atoms with E-state index >= 15 is 0 Å². The molecule has 0 bridgehead atoms. The molecule has 0 atom stereocenters. The van der Waals surface area contributed by atoms with E-state index in [9.17, 15) is 14.4 Å². The predicted octanol–water partition coefficient (Wildman–Crippen LogP) is 4.74. The molecule has 0 saturated carbocycles. The van der Waals surface area contributed by atoms with E-state index in [0.717, 1.165) is 36.6 Å². The van der Waals surface area contributed by atoms with Gasteiger partial charge in [-0.25, -0.2) is 9.59 Å². The zero-order valence-electron chi connectivity index (χ0n) is 18.2. The maximum Gasteiger partial charge on any atom is 0.407 e. The molecule has 0 unspecified atom stereocenters. The number of benzene rings is 1. The van der Waals surface area contributed by atoms with Gasteiger partial charge in [-0.3, -0.25) is 4.79 Å². The van der Waals surface area contributed by atoms with Crippen molar-refractivity contribution in [3.05, 3.63) is 40.2 Å². The molecule has 1 aromatic carbocycles. The van der Waals surface area contributed by atoms with Crippen LogP contribution in [0, 0.1) is 0 Å². The van der Waals surface area contributed by atoms with Crippen LogP contribution in [0.3, 0.4) is 0 Å². The molecule has 0 saturated heterocycles. The van der Waals surface area contributed by atoms with E-state index < -0.39 is 17.3 Å². The van der Waals surface area contributed by atoms with Gasteiger partial charge in [0.2, 0.25) is 0 Å². The number of esters is 1. The van der Waals surface area contributed by atoms with Gasteiger partial charge in [0.1, 0.15) is 16.9 Å². The normalized spacial score (nSPS) is 11.3. The molecule has 7 heteroatoms. The Hall–Kier alpha value is -2.83. The lowest BCUT2D eigenvalue weighted by Gasteiger charge is -2.19. The first kappa shape index (κ1) is 23.4. The number of nitrogens with one attached hydrogen (secondary N) is 1. The Morgan fingerprint density at radius 3 is 2.57 bits per heavy atom. The number of amides is 1. The number of unbranched alkanes of at least 4 members (excludes halogenated alkanes) is 2. The summed E-state index contributed by atoms with van der Waals surface area (Å²) in [7, 11) is 0. The highest BCUT2D eigenvalue weighted by Crippen LogP contribution is 2.24. The number of rotatable bonds is 9. The van der Waals surface area contributed by atoms with Crippen molar-refractivity contribution in [3.8, 4) is 5.75 Å². The van der Waals surface area contributed by atoms with Crippen LogP contribution >= 0.6 is 0 Å². The molecule has 0 aliphatic rings. The minimum Gasteiger partial charge on any atom is -0.444 e. The van der Waals surface area contributed by atoms with Crippen LogP contribution in [0.4, 0.5) is 4.79 Å². The second-order valence-electron chi connectivity index (χ2n) is 8.21. The van der Waals surface area contributed by atoms with Gasteiger partial charge in [0.05, 0.1) is 0 Å². The van der Waals surface area contributed by atoms with E-state index in [1.807, 2.05) is 33.8 Å². The highest BCUT2D eigenvalue weighted by molar-refractivity contribution is 5.82. The van der Waals surface area contributed by atoms with Gasteiger partial charge in [-0.1, -0.05) is 19.8 Å². The van der Waals surface area contributed by atoms with Crippen LogP contribution in [-0.4, -0.2) is 24.2 Å². The lowest BCUT2D eigenvalue weighted by molar-refractivity contribution is -0.134. The molecule has 0 aliphatic carbocycles. The van der Waals surface area contributed by atoms with Crippen molar-refractivity contribution in [3.63, 3.8) is 0 Å². The molecule has 30 heavy (non-hydrogen) atoms. The first-order valence-corrected chi connectivity index (χ1v) is 10.4. The summed E-state index contributed by atoms with van der Waals surface area (Å²) < 4.78 is 15.8. The van der Waals surface area contributed by atoms with E-state index in [0.29, 0.717) is 24.3 Å². The fourth-order valence-electron chi connectivity index (χ4n) is 3.01. The third-order valence-corrected chi connectivity index (χ3v) is 4.28. The van der Waals surface area contributed by atoms with E-state index in [1.165, 1.54) is 6.07 Å². The van der Waals surface area contributed by atoms with Gasteiger partial charge in [-0.2, -0.15) is 0 Å². The Balaban J connectivity index is 1.76. The number of hydrogen-bond donors (Lipinski definition) is 1. The highest BCUT2D eigenvalue weighted by Gasteiger charge is 2.15. The number of alkyl carbamates (subject to hydrolysis) is 1. The van der Waals surface area contributed by atoms with Gasteiger partial charge < -0.3 is 19.2 Å². The topological polar surface area (TPSA) is 94.8 Å². The minimum absolute atomic E-state index is 0.268. The first-order chi connectivity index (χ1) is 14.2. The van der Waals surface area contributed by atoms with Crippen molar-refractivity contribution in [2.75, 3.05) is 6.54 Å². The molecule has 1 aromatic heterocycles. The molecular weight excluding hydrogens is 386 g/mol. The maximum atomic E-state index is 12.1. The van der Waals surface area contributed by atoms with Crippen molar-refractivity contribution in [2.24, 2.45) is 0 Å². The standard InChI is InChI=1S/C23H31NO6/c1-5-9-16-14-21(26)29-19-15-17(11-12-18(16)19)28-20(25)10-7-6-8-13-24-22(27)30-23(2,3)4/h11-12,14-15H,5-10,13H2,1-4H3,(H,24,27). The first-order valence-electron chi connectivity index (χ1n) is 10.4. The van der Waals surface area contributed by atoms with Crippen molar-refractivity contribution in [2.45, 2.75) is 71.8 Å². The molecule has 0 fully saturated rings. The van der Waals surface area contributed by atoms with Crippen LogP contribution < -0.4 is 15.7 Å². The minimum atomic E-state index is -0.517. The average molecular weight is 418 g/mol. The van der Waals surface area contributed by atoms with Crippen LogP contribution in [0.25, 0.3) is 11.0 Å². The zero-order chi connectivity index (χ0) is 22.1. The van der Waals surface area contributed by atoms with Crippen LogP contribution in [0.5, 0.6) is 5.75 Å². The number of fused-ring (bicyclic) bond motifs is 1. The second kappa shape index (κ2) is 10.8. The largest absolute Gasteiger partial charge is 0.444 e. The number of hydrogen-bond acceptors (Lipinski definition) is 6. The lowest BCUT2D eigenvalue weighted by Crippen LogP contribution is -2.33. The summed E-state index contributed by atoms with van der Waals surface area (Å²) >= 11 is 0. The number of carbonyl (C=O) groups excluding carboxylic acids is 2. The number of carbonyl (C=O) groups is 2. The smallest absolute Gasteiger partial charge is 0.407 e. The van der Waals surface area contributed by atoms with Gasteiger partial charge in [0.25, 0.3) is 0 Å². The Labute approximate surface area is 176 Å². The highest BCUT2D eigenvalue weighted by atomic mass is 16.6. The fraction of sp³-hybridized carbons (Fsp3) is 0.522. The summed E-state index contributed by atoms with van der Waals surface area (Å²) in [6.07, 6.45) is 3.70. The Morgan fingerprint density at radius 2 is 1.87 bits per heavy atom. The van der Waals surface area contributed by atoms with Crippen LogP contribution in [0.1, 0.15) is 65.4 Å². The molecule has 2 rings (SSSR count). The molecule has 0 spiro atoms. The van der Waals surface area contributed by atoms with Gasteiger partial charge in [-0.05, 0) is 57.7 Å². The zero-order valence-corrected chi connectivity index (χ0v) is 18.2. The monoisotopic (exact) mass is 417 g/mol. The van der Waals surface area contributed by atoms with E-state index in [2.05, 4.69) is 5.32 Å². The van der Waals surface area contributed by atoms with Gasteiger partial charge in [-0.15, -0.1) is 0 Å². The van der Waals surface area contributed by atoms with Crippen LogP contribution in [0.15, 0.2) is 33.5 Å². The van der Waals surface area contributed by atoms with Crippen molar-refractivity contribution in [1.29, 1.82) is 0 Å². The SMILES string of the molecule is CCCc1cc(=O)oc2cc(OC(=O)CCCCCNC(=O)OC(C)(C)C)ccc12. The lowest BCUT2D eigenvalue weighted by atomic mass is 10.1. The third-order valence-electron chi connectivity index (χ3n) is 4.28. The summed E-state index contributed by atoms with van der Waals surface area (Å²) in [6, 6.07) is 6.62. The van der Waals surface area contributed by atoms with Gasteiger partial charge in [0, 0.05) is 30.5 Å². The Kier molecular flexibility index (Phi) is 8.45. The Bertz CT molecular complexity index is 925. The fourth-order valence-corrected chi connectivity index (χ4v) is 3.01. The van der Waals surface area contributed by atoms with Crippen LogP contribution in [0.2, 0.25) is 0 Å². The molecule has 164 valence electrons. The summed E-state index contributed by atoms with van der Waals surface area (Å²) in [6.45, 7) is 7.97. The molecule has 0 aliphatic heterocycles. The van der Waals surface area contributed by atoms with Gasteiger partial charge >= 0.3 is 17.7 Å². The summed E-state index contributed by atoms with van der Waals surface area (Å²) in [4.78, 5) is 35.4. The van der Waals surface area contributed by atoms with E-state index in [4.69, 9.17) is 13.9 Å². The van der Waals surface area contributed by atoms with Gasteiger partial charge in [0.15, 0.2) is 0 Å². The average Bonchev–Trinajstić information content (AvgIpc) is 2.63.